The highest BCUT2D eigenvalue weighted by atomic mass is 35.5. The number of carbonyl (C=O) groups is 2. The van der Waals surface area contributed by atoms with Crippen LogP contribution in [0.2, 0.25) is 10.0 Å². The van der Waals surface area contributed by atoms with Crippen LogP contribution in [0.3, 0.4) is 0 Å². The highest BCUT2D eigenvalue weighted by Crippen LogP contribution is 2.26. The number of ether oxygens (including phenoxy) is 1. The number of methoxy groups -OCH3 is 1. The number of esters is 1. The van der Waals surface area contributed by atoms with Crippen molar-refractivity contribution in [1.82, 2.24) is 0 Å². The Kier molecular flexibility index (Phi) is 4.65. The summed E-state index contributed by atoms with van der Waals surface area (Å²) in [6.07, 6.45) is 0. The third-order valence-electron chi connectivity index (χ3n) is 2.47. The molecule has 104 valence electrons. The molecule has 1 aromatic heterocycles. The van der Waals surface area contributed by atoms with Crippen LogP contribution >= 0.6 is 34.5 Å². The molecule has 0 radical (unpaired) electrons. The molecule has 1 amide bonds. The second kappa shape index (κ2) is 6.26. The molecule has 2 aromatic rings. The van der Waals surface area contributed by atoms with Gasteiger partial charge in [-0.15, -0.1) is 11.3 Å². The van der Waals surface area contributed by atoms with Gasteiger partial charge in [-0.3, -0.25) is 4.79 Å². The lowest BCUT2D eigenvalue weighted by molar-refractivity contribution is 0.0602. The van der Waals surface area contributed by atoms with E-state index in [1.807, 2.05) is 0 Å². The van der Waals surface area contributed by atoms with Crippen molar-refractivity contribution >= 4 is 51.4 Å². The Morgan fingerprint density at radius 1 is 1.20 bits per heavy atom. The summed E-state index contributed by atoms with van der Waals surface area (Å²) in [4.78, 5) is 23.7. The Morgan fingerprint density at radius 2 is 1.95 bits per heavy atom. The Bertz CT molecular complexity index is 669. The van der Waals surface area contributed by atoms with Crippen molar-refractivity contribution in [3.8, 4) is 0 Å². The SMILES string of the molecule is COC(=O)c1ccsc1NC(=O)c1cc(Cl)ccc1Cl. The van der Waals surface area contributed by atoms with Gasteiger partial charge in [0.2, 0.25) is 0 Å². The zero-order valence-corrected chi connectivity index (χ0v) is 12.6. The molecule has 0 fully saturated rings. The van der Waals surface area contributed by atoms with Crippen LogP contribution in [0.5, 0.6) is 0 Å². The molecule has 1 heterocycles. The van der Waals surface area contributed by atoms with E-state index in [-0.39, 0.29) is 10.6 Å². The van der Waals surface area contributed by atoms with Crippen molar-refractivity contribution in [2.45, 2.75) is 0 Å². The molecule has 1 aromatic carbocycles. The number of amides is 1. The molecule has 0 atom stereocenters. The van der Waals surface area contributed by atoms with Gasteiger partial charge >= 0.3 is 5.97 Å². The minimum atomic E-state index is -0.515. The smallest absolute Gasteiger partial charge is 0.340 e. The van der Waals surface area contributed by atoms with Gasteiger partial charge < -0.3 is 10.1 Å². The van der Waals surface area contributed by atoms with Crippen molar-refractivity contribution in [1.29, 1.82) is 0 Å². The van der Waals surface area contributed by atoms with Crippen molar-refractivity contribution in [3.63, 3.8) is 0 Å². The number of thiophene rings is 1. The van der Waals surface area contributed by atoms with Crippen molar-refractivity contribution < 1.29 is 14.3 Å². The number of nitrogens with one attached hydrogen (secondary N) is 1. The number of anilines is 1. The van der Waals surface area contributed by atoms with Crippen LogP contribution in [0.25, 0.3) is 0 Å². The van der Waals surface area contributed by atoms with Gasteiger partial charge in [-0.2, -0.15) is 0 Å². The molecule has 0 saturated heterocycles. The van der Waals surface area contributed by atoms with Gasteiger partial charge in [0.15, 0.2) is 0 Å². The summed E-state index contributed by atoms with van der Waals surface area (Å²) in [6.45, 7) is 0. The van der Waals surface area contributed by atoms with Crippen molar-refractivity contribution in [3.05, 3.63) is 50.8 Å². The third-order valence-corrected chi connectivity index (χ3v) is 3.87. The van der Waals surface area contributed by atoms with Gasteiger partial charge in [0.05, 0.1) is 23.3 Å². The molecular formula is C13H9Cl2NO3S. The first-order valence-corrected chi connectivity index (χ1v) is 7.08. The van der Waals surface area contributed by atoms with Gasteiger partial charge in [0.25, 0.3) is 5.91 Å². The molecule has 0 aliphatic carbocycles. The Labute approximate surface area is 129 Å². The van der Waals surface area contributed by atoms with E-state index < -0.39 is 11.9 Å². The number of hydrogen-bond donors (Lipinski definition) is 1. The van der Waals surface area contributed by atoms with Crippen LogP contribution in [0.4, 0.5) is 5.00 Å². The zero-order valence-electron chi connectivity index (χ0n) is 10.3. The second-order valence-corrected chi connectivity index (χ2v) is 5.49. The molecule has 0 aliphatic heterocycles. The van der Waals surface area contributed by atoms with Crippen molar-refractivity contribution in [2.75, 3.05) is 12.4 Å². The first kappa shape index (κ1) is 14.8. The average Bonchev–Trinajstić information content (AvgIpc) is 2.88. The molecule has 4 nitrogen and oxygen atoms in total. The fourth-order valence-electron chi connectivity index (χ4n) is 1.52. The highest BCUT2D eigenvalue weighted by molar-refractivity contribution is 7.14. The third kappa shape index (κ3) is 3.12. The topological polar surface area (TPSA) is 55.4 Å². The Hall–Kier alpha value is -1.56. The van der Waals surface area contributed by atoms with E-state index in [1.54, 1.807) is 17.5 Å². The summed E-state index contributed by atoms with van der Waals surface area (Å²) in [5.74, 6) is -0.955. The number of hydrogen-bond acceptors (Lipinski definition) is 4. The first-order chi connectivity index (χ1) is 9.52. The molecule has 0 unspecified atom stereocenters. The largest absolute Gasteiger partial charge is 0.465 e. The zero-order chi connectivity index (χ0) is 14.7. The van der Waals surface area contributed by atoms with E-state index in [4.69, 9.17) is 23.2 Å². The molecular weight excluding hydrogens is 321 g/mol. The Morgan fingerprint density at radius 3 is 2.65 bits per heavy atom. The van der Waals surface area contributed by atoms with E-state index in [0.717, 1.165) is 0 Å². The summed E-state index contributed by atoms with van der Waals surface area (Å²) in [7, 11) is 1.28. The minimum Gasteiger partial charge on any atom is -0.465 e. The van der Waals surface area contributed by atoms with Gasteiger partial charge in [-0.05, 0) is 29.6 Å². The maximum absolute atomic E-state index is 12.1. The number of rotatable bonds is 3. The average molecular weight is 330 g/mol. The van der Waals surface area contributed by atoms with Crippen LogP contribution < -0.4 is 5.32 Å². The molecule has 20 heavy (non-hydrogen) atoms. The number of halogens is 2. The predicted molar refractivity (Wildman–Crippen MR) is 80.1 cm³/mol. The van der Waals surface area contributed by atoms with Crippen LogP contribution in [-0.4, -0.2) is 19.0 Å². The van der Waals surface area contributed by atoms with E-state index in [0.29, 0.717) is 15.6 Å². The predicted octanol–water partition coefficient (Wildman–Crippen LogP) is 4.09. The normalized spacial score (nSPS) is 10.2. The molecule has 0 aliphatic rings. The molecule has 2 rings (SSSR count). The van der Waals surface area contributed by atoms with Gasteiger partial charge in [0, 0.05) is 5.02 Å². The summed E-state index contributed by atoms with van der Waals surface area (Å²) in [6, 6.07) is 6.16. The molecule has 7 heteroatoms. The fraction of sp³-hybridized carbons (Fsp3) is 0.0769. The second-order valence-electron chi connectivity index (χ2n) is 3.73. The molecule has 0 bridgehead atoms. The molecule has 0 saturated carbocycles. The fourth-order valence-corrected chi connectivity index (χ4v) is 2.66. The van der Waals surface area contributed by atoms with E-state index >= 15 is 0 Å². The van der Waals surface area contributed by atoms with E-state index in [2.05, 4.69) is 10.1 Å². The Balaban J connectivity index is 2.26. The monoisotopic (exact) mass is 329 g/mol. The lowest BCUT2D eigenvalue weighted by Gasteiger charge is -2.07. The van der Waals surface area contributed by atoms with Crippen LogP contribution in [-0.2, 0) is 4.74 Å². The maximum atomic E-state index is 12.1. The summed E-state index contributed by atoms with van der Waals surface area (Å²) in [5, 5.41) is 5.39. The lowest BCUT2D eigenvalue weighted by atomic mass is 10.2. The van der Waals surface area contributed by atoms with E-state index in [1.165, 1.54) is 30.6 Å². The van der Waals surface area contributed by atoms with E-state index in [9.17, 15) is 9.59 Å². The quantitative estimate of drug-likeness (QED) is 0.862. The van der Waals surface area contributed by atoms with Gasteiger partial charge in [-0.1, -0.05) is 23.2 Å². The highest BCUT2D eigenvalue weighted by Gasteiger charge is 2.17. The van der Waals surface area contributed by atoms with Crippen LogP contribution in [0.15, 0.2) is 29.6 Å². The van der Waals surface area contributed by atoms with Crippen molar-refractivity contribution in [2.24, 2.45) is 0 Å². The summed E-state index contributed by atoms with van der Waals surface area (Å²) < 4.78 is 4.63. The standard InChI is InChI=1S/C13H9Cl2NO3S/c1-19-13(18)8-4-5-20-12(8)16-11(17)9-6-7(14)2-3-10(9)15/h2-6H,1H3,(H,16,17). The van der Waals surface area contributed by atoms with Gasteiger partial charge in [0.1, 0.15) is 5.00 Å². The summed E-state index contributed by atoms with van der Waals surface area (Å²) in [5.41, 5.74) is 0.535. The summed E-state index contributed by atoms with van der Waals surface area (Å²) >= 11 is 13.0. The maximum Gasteiger partial charge on any atom is 0.340 e. The molecule has 0 spiro atoms. The first-order valence-electron chi connectivity index (χ1n) is 5.45. The molecule has 1 N–H and O–H groups in total. The lowest BCUT2D eigenvalue weighted by Crippen LogP contribution is -2.14. The van der Waals surface area contributed by atoms with Crippen LogP contribution in [0, 0.1) is 0 Å². The number of carbonyl (C=O) groups excluding carboxylic acids is 2. The van der Waals surface area contributed by atoms with Crippen LogP contribution in [0.1, 0.15) is 20.7 Å². The minimum absolute atomic E-state index is 0.239. The number of benzene rings is 1. The van der Waals surface area contributed by atoms with Gasteiger partial charge in [-0.25, -0.2) is 4.79 Å².